The Kier molecular flexibility index (Phi) is 2.90. The first-order chi connectivity index (χ1) is 6.40. The van der Waals surface area contributed by atoms with E-state index >= 15 is 0 Å². The largest absolute Gasteiger partial charge is 0.301 e. The number of hydrogen-bond acceptors (Lipinski definition) is 3. The van der Waals surface area contributed by atoms with E-state index < -0.39 is 0 Å². The zero-order valence-corrected chi connectivity index (χ0v) is 8.68. The SMILES string of the molecule is CCCn1cc(C2NCCS2)cn1. The van der Waals surface area contributed by atoms with Crippen molar-refractivity contribution >= 4 is 11.8 Å². The van der Waals surface area contributed by atoms with Gasteiger partial charge in [0.2, 0.25) is 0 Å². The minimum atomic E-state index is 0.477. The van der Waals surface area contributed by atoms with E-state index in [0.717, 1.165) is 19.5 Å². The lowest BCUT2D eigenvalue weighted by atomic mass is 10.3. The van der Waals surface area contributed by atoms with E-state index in [9.17, 15) is 0 Å². The van der Waals surface area contributed by atoms with Crippen molar-refractivity contribution in [2.24, 2.45) is 0 Å². The van der Waals surface area contributed by atoms with Crippen LogP contribution >= 0.6 is 11.8 Å². The van der Waals surface area contributed by atoms with Crippen LogP contribution in [-0.2, 0) is 6.54 Å². The number of nitrogens with zero attached hydrogens (tertiary/aromatic N) is 2. The van der Waals surface area contributed by atoms with Gasteiger partial charge in [0.15, 0.2) is 0 Å². The van der Waals surface area contributed by atoms with Gasteiger partial charge in [-0.25, -0.2) is 0 Å². The lowest BCUT2D eigenvalue weighted by molar-refractivity contribution is 0.601. The van der Waals surface area contributed by atoms with E-state index in [2.05, 4.69) is 23.5 Å². The predicted molar refractivity (Wildman–Crippen MR) is 55.7 cm³/mol. The summed E-state index contributed by atoms with van der Waals surface area (Å²) in [4.78, 5) is 0. The molecule has 1 unspecified atom stereocenters. The highest BCUT2D eigenvalue weighted by Crippen LogP contribution is 2.29. The monoisotopic (exact) mass is 197 g/mol. The van der Waals surface area contributed by atoms with Crippen LogP contribution in [0.15, 0.2) is 12.4 Å². The molecule has 1 aromatic heterocycles. The lowest BCUT2D eigenvalue weighted by Gasteiger charge is -2.04. The van der Waals surface area contributed by atoms with Crippen molar-refractivity contribution in [2.45, 2.75) is 25.3 Å². The van der Waals surface area contributed by atoms with Crippen LogP contribution in [0.25, 0.3) is 0 Å². The fourth-order valence-electron chi connectivity index (χ4n) is 1.51. The number of aromatic nitrogens is 2. The fourth-order valence-corrected chi connectivity index (χ4v) is 2.53. The van der Waals surface area contributed by atoms with Gasteiger partial charge >= 0.3 is 0 Å². The summed E-state index contributed by atoms with van der Waals surface area (Å²) in [5, 5.41) is 8.23. The Morgan fingerprint density at radius 1 is 1.77 bits per heavy atom. The number of hydrogen-bond donors (Lipinski definition) is 1. The molecule has 72 valence electrons. The molecule has 0 bridgehead atoms. The van der Waals surface area contributed by atoms with Gasteiger partial charge in [0.05, 0.1) is 11.6 Å². The summed E-state index contributed by atoms with van der Waals surface area (Å²) in [6.07, 6.45) is 5.28. The van der Waals surface area contributed by atoms with Crippen molar-refractivity contribution in [1.29, 1.82) is 0 Å². The van der Waals surface area contributed by atoms with Crippen molar-refractivity contribution in [1.82, 2.24) is 15.1 Å². The Balaban J connectivity index is 2.03. The number of rotatable bonds is 3. The van der Waals surface area contributed by atoms with Gasteiger partial charge in [-0.2, -0.15) is 5.10 Å². The Bertz CT molecular complexity index is 266. The first-order valence-corrected chi connectivity index (χ1v) is 5.82. The summed E-state index contributed by atoms with van der Waals surface area (Å²) in [6, 6.07) is 0. The van der Waals surface area contributed by atoms with E-state index in [1.165, 1.54) is 11.3 Å². The molecule has 0 aromatic carbocycles. The summed E-state index contributed by atoms with van der Waals surface area (Å²) in [5.41, 5.74) is 1.32. The standard InChI is InChI=1S/C9H15N3S/c1-2-4-12-7-8(6-11-12)9-10-3-5-13-9/h6-7,9-10H,2-5H2,1H3. The van der Waals surface area contributed by atoms with Crippen LogP contribution in [0.2, 0.25) is 0 Å². The van der Waals surface area contributed by atoms with Crippen LogP contribution in [0.1, 0.15) is 24.3 Å². The van der Waals surface area contributed by atoms with Crippen molar-refractivity contribution in [3.8, 4) is 0 Å². The van der Waals surface area contributed by atoms with Crippen LogP contribution in [0, 0.1) is 0 Å². The summed E-state index contributed by atoms with van der Waals surface area (Å²) in [6.45, 7) is 4.32. The van der Waals surface area contributed by atoms with Gasteiger partial charge < -0.3 is 5.32 Å². The maximum Gasteiger partial charge on any atom is 0.0820 e. The zero-order chi connectivity index (χ0) is 9.10. The molecule has 1 saturated heterocycles. The summed E-state index contributed by atoms with van der Waals surface area (Å²) in [5.74, 6) is 1.21. The molecule has 0 radical (unpaired) electrons. The molecule has 0 aliphatic carbocycles. The van der Waals surface area contributed by atoms with E-state index in [1.807, 2.05) is 22.6 Å². The molecule has 1 N–H and O–H groups in total. The van der Waals surface area contributed by atoms with Crippen molar-refractivity contribution in [3.05, 3.63) is 18.0 Å². The Labute approximate surface area is 82.9 Å². The number of aryl methyl sites for hydroxylation is 1. The van der Waals surface area contributed by atoms with Crippen molar-refractivity contribution < 1.29 is 0 Å². The molecule has 1 aliphatic heterocycles. The molecular weight excluding hydrogens is 182 g/mol. The predicted octanol–water partition coefficient (Wildman–Crippen LogP) is 1.63. The third-order valence-electron chi connectivity index (χ3n) is 2.12. The summed E-state index contributed by atoms with van der Waals surface area (Å²) in [7, 11) is 0. The molecule has 2 heterocycles. The van der Waals surface area contributed by atoms with Crippen LogP contribution in [0.4, 0.5) is 0 Å². The minimum absolute atomic E-state index is 0.477. The third-order valence-corrected chi connectivity index (χ3v) is 3.34. The Morgan fingerprint density at radius 2 is 2.69 bits per heavy atom. The van der Waals surface area contributed by atoms with Crippen LogP contribution in [-0.4, -0.2) is 22.1 Å². The second-order valence-electron chi connectivity index (χ2n) is 3.24. The van der Waals surface area contributed by atoms with Gasteiger partial charge in [0.25, 0.3) is 0 Å². The highest BCUT2D eigenvalue weighted by molar-refractivity contribution is 7.99. The van der Waals surface area contributed by atoms with Crippen LogP contribution in [0.5, 0.6) is 0 Å². The molecule has 13 heavy (non-hydrogen) atoms. The quantitative estimate of drug-likeness (QED) is 0.798. The fraction of sp³-hybridized carbons (Fsp3) is 0.667. The average Bonchev–Trinajstić information content (AvgIpc) is 2.70. The lowest BCUT2D eigenvalue weighted by Crippen LogP contribution is -2.11. The smallest absolute Gasteiger partial charge is 0.0820 e. The van der Waals surface area contributed by atoms with E-state index in [-0.39, 0.29) is 0 Å². The Hall–Kier alpha value is -0.480. The first-order valence-electron chi connectivity index (χ1n) is 4.77. The molecule has 0 spiro atoms. The average molecular weight is 197 g/mol. The molecule has 1 atom stereocenters. The van der Waals surface area contributed by atoms with Crippen LogP contribution in [0.3, 0.4) is 0 Å². The zero-order valence-electron chi connectivity index (χ0n) is 7.86. The second kappa shape index (κ2) is 4.15. The maximum atomic E-state index is 4.31. The summed E-state index contributed by atoms with van der Waals surface area (Å²) < 4.78 is 2.02. The van der Waals surface area contributed by atoms with Crippen LogP contribution < -0.4 is 5.32 Å². The molecule has 3 nitrogen and oxygen atoms in total. The van der Waals surface area contributed by atoms with E-state index in [0.29, 0.717) is 5.37 Å². The normalized spacial score (nSPS) is 22.4. The molecular formula is C9H15N3S. The Morgan fingerprint density at radius 3 is 3.38 bits per heavy atom. The van der Waals surface area contributed by atoms with Gasteiger partial charge in [-0.05, 0) is 6.42 Å². The maximum absolute atomic E-state index is 4.31. The van der Waals surface area contributed by atoms with Gasteiger partial charge in [-0.15, -0.1) is 11.8 Å². The summed E-state index contributed by atoms with van der Waals surface area (Å²) >= 11 is 1.96. The number of thioether (sulfide) groups is 1. The van der Waals surface area contributed by atoms with Gasteiger partial charge in [-0.1, -0.05) is 6.92 Å². The molecule has 4 heteroatoms. The van der Waals surface area contributed by atoms with Gasteiger partial charge in [0, 0.05) is 30.6 Å². The molecule has 1 aromatic rings. The topological polar surface area (TPSA) is 29.9 Å². The molecule has 0 amide bonds. The second-order valence-corrected chi connectivity index (χ2v) is 4.45. The highest BCUT2D eigenvalue weighted by Gasteiger charge is 2.17. The van der Waals surface area contributed by atoms with Gasteiger partial charge in [0.1, 0.15) is 0 Å². The molecule has 2 rings (SSSR count). The first kappa shape index (κ1) is 9.09. The number of nitrogens with one attached hydrogen (secondary N) is 1. The molecule has 1 aliphatic rings. The molecule has 1 fully saturated rings. The minimum Gasteiger partial charge on any atom is -0.301 e. The van der Waals surface area contributed by atoms with E-state index in [4.69, 9.17) is 0 Å². The highest BCUT2D eigenvalue weighted by atomic mass is 32.2. The van der Waals surface area contributed by atoms with Gasteiger partial charge in [-0.3, -0.25) is 4.68 Å². The third kappa shape index (κ3) is 2.06. The van der Waals surface area contributed by atoms with Crippen molar-refractivity contribution in [2.75, 3.05) is 12.3 Å². The van der Waals surface area contributed by atoms with E-state index in [1.54, 1.807) is 0 Å². The molecule has 0 saturated carbocycles. The van der Waals surface area contributed by atoms with Crippen molar-refractivity contribution in [3.63, 3.8) is 0 Å².